The summed E-state index contributed by atoms with van der Waals surface area (Å²) < 4.78 is 38.5. The number of hydrogen-bond donors (Lipinski definition) is 1. The van der Waals surface area contributed by atoms with Crippen molar-refractivity contribution in [1.29, 1.82) is 0 Å². The van der Waals surface area contributed by atoms with Crippen LogP contribution in [0, 0.1) is 11.3 Å². The summed E-state index contributed by atoms with van der Waals surface area (Å²) in [6.07, 6.45) is 0.917. The number of nitrogens with two attached hydrogens (primary N) is 1. The second kappa shape index (κ2) is 8.22. The number of nitrogens with zero attached hydrogens (tertiary/aromatic N) is 1. The first kappa shape index (κ1) is 20.5. The number of sulfonamides is 1. The molecule has 142 valence electrons. The molecule has 0 aromatic heterocycles. The van der Waals surface area contributed by atoms with Crippen LogP contribution in [0.4, 0.5) is 0 Å². The molecule has 6 nitrogen and oxygen atoms in total. The molecular weight excluding hydrogens is 364 g/mol. The van der Waals surface area contributed by atoms with Gasteiger partial charge in [-0.2, -0.15) is 0 Å². The Morgan fingerprint density at radius 3 is 2.76 bits per heavy atom. The summed E-state index contributed by atoms with van der Waals surface area (Å²) in [4.78, 5) is 0.0780. The van der Waals surface area contributed by atoms with Gasteiger partial charge in [0.25, 0.3) is 0 Å². The van der Waals surface area contributed by atoms with Crippen LogP contribution in [-0.2, 0) is 14.8 Å². The first-order valence-corrected chi connectivity index (χ1v) is 10.1. The monoisotopic (exact) mass is 390 g/mol. The number of benzene rings is 1. The summed E-state index contributed by atoms with van der Waals surface area (Å²) in [6.45, 7) is 6.31. The molecule has 1 unspecified atom stereocenters. The van der Waals surface area contributed by atoms with Gasteiger partial charge in [-0.25, -0.2) is 12.7 Å². The molecule has 25 heavy (non-hydrogen) atoms. The van der Waals surface area contributed by atoms with Crippen molar-refractivity contribution in [2.45, 2.75) is 25.2 Å². The molecule has 1 heterocycles. The van der Waals surface area contributed by atoms with Gasteiger partial charge in [0.15, 0.2) is 0 Å². The molecule has 1 fully saturated rings. The van der Waals surface area contributed by atoms with Crippen LogP contribution >= 0.6 is 11.6 Å². The van der Waals surface area contributed by atoms with E-state index in [9.17, 15) is 8.42 Å². The molecule has 0 radical (unpaired) electrons. The highest BCUT2D eigenvalue weighted by Crippen LogP contribution is 2.31. The highest BCUT2D eigenvalue weighted by atomic mass is 35.5. The number of rotatable bonds is 8. The molecule has 2 rings (SSSR count). The fourth-order valence-corrected chi connectivity index (χ4v) is 4.39. The Bertz CT molecular complexity index is 688. The summed E-state index contributed by atoms with van der Waals surface area (Å²) in [5.74, 6) is 0.592. The van der Waals surface area contributed by atoms with Crippen LogP contribution in [0.15, 0.2) is 23.1 Å². The third kappa shape index (κ3) is 5.31. The molecule has 1 atom stereocenters. The van der Waals surface area contributed by atoms with E-state index in [-0.39, 0.29) is 16.2 Å². The van der Waals surface area contributed by atoms with Crippen molar-refractivity contribution < 1.29 is 17.9 Å². The maximum atomic E-state index is 13.0. The Morgan fingerprint density at radius 2 is 2.16 bits per heavy atom. The largest absolute Gasteiger partial charge is 0.492 e. The lowest BCUT2D eigenvalue weighted by molar-refractivity contribution is 0.166. The number of halogens is 1. The zero-order chi connectivity index (χ0) is 18.7. The predicted octanol–water partition coefficient (Wildman–Crippen LogP) is 2.36. The molecule has 0 saturated carbocycles. The lowest BCUT2D eigenvalue weighted by Crippen LogP contribution is -2.39. The van der Waals surface area contributed by atoms with Gasteiger partial charge >= 0.3 is 0 Å². The van der Waals surface area contributed by atoms with Gasteiger partial charge in [0.2, 0.25) is 10.0 Å². The number of ether oxygens (including phenoxy) is 2. The topological polar surface area (TPSA) is 81.9 Å². The lowest BCUT2D eigenvalue weighted by atomic mass is 9.94. The molecule has 1 aromatic rings. The average Bonchev–Trinajstić information content (AvgIpc) is 3.06. The van der Waals surface area contributed by atoms with Gasteiger partial charge in [0, 0.05) is 31.1 Å². The Balaban J connectivity index is 2.24. The second-order valence-corrected chi connectivity index (χ2v) is 9.71. The minimum atomic E-state index is -3.74. The Kier molecular flexibility index (Phi) is 6.73. The summed E-state index contributed by atoms with van der Waals surface area (Å²) >= 11 is 6.04. The van der Waals surface area contributed by atoms with Crippen LogP contribution in [0.25, 0.3) is 0 Å². The SMILES string of the molecule is CN(CC(C)(C)CN)S(=O)(=O)c1cc(Cl)ccc1OCC1CCOC1. The first-order valence-electron chi connectivity index (χ1n) is 8.32. The van der Waals surface area contributed by atoms with Gasteiger partial charge in [-0.3, -0.25) is 0 Å². The molecule has 1 aliphatic heterocycles. The van der Waals surface area contributed by atoms with Crippen LogP contribution in [0.2, 0.25) is 5.02 Å². The highest BCUT2D eigenvalue weighted by molar-refractivity contribution is 7.89. The van der Waals surface area contributed by atoms with Crippen LogP contribution in [0.3, 0.4) is 0 Å². The Labute approximate surface area is 155 Å². The van der Waals surface area contributed by atoms with Crippen LogP contribution < -0.4 is 10.5 Å². The molecular formula is C17H27ClN2O4S. The molecule has 0 aliphatic carbocycles. The average molecular weight is 391 g/mol. The molecule has 8 heteroatoms. The van der Waals surface area contributed by atoms with Gasteiger partial charge < -0.3 is 15.2 Å². The normalized spacial score (nSPS) is 18.7. The zero-order valence-corrected chi connectivity index (χ0v) is 16.6. The van der Waals surface area contributed by atoms with Gasteiger partial charge in [0.05, 0.1) is 13.2 Å². The minimum absolute atomic E-state index is 0.0780. The fourth-order valence-electron chi connectivity index (χ4n) is 2.65. The van der Waals surface area contributed by atoms with E-state index in [1.165, 1.54) is 10.4 Å². The standard InChI is InChI=1S/C17H27ClN2O4S/c1-17(2,11-19)12-20(3)25(21,22)16-8-14(18)4-5-15(16)24-10-13-6-7-23-9-13/h4-5,8,13H,6-7,9-12,19H2,1-3H3. The van der Waals surface area contributed by atoms with Gasteiger partial charge in [-0.05, 0) is 36.6 Å². The van der Waals surface area contributed by atoms with Gasteiger partial charge in [0.1, 0.15) is 10.6 Å². The summed E-state index contributed by atoms with van der Waals surface area (Å²) in [6, 6.07) is 4.67. The fraction of sp³-hybridized carbons (Fsp3) is 0.647. The first-order chi connectivity index (χ1) is 11.7. The van der Waals surface area contributed by atoms with Crippen LogP contribution in [-0.4, -0.2) is 52.7 Å². The van der Waals surface area contributed by atoms with E-state index >= 15 is 0 Å². The zero-order valence-electron chi connectivity index (χ0n) is 15.0. The molecule has 1 aromatic carbocycles. The Morgan fingerprint density at radius 1 is 1.44 bits per heavy atom. The van der Waals surface area contributed by atoms with E-state index in [1.807, 2.05) is 13.8 Å². The molecule has 2 N–H and O–H groups in total. The summed E-state index contributed by atoms with van der Waals surface area (Å²) in [7, 11) is -2.20. The third-order valence-corrected chi connectivity index (χ3v) is 6.36. The Hall–Kier alpha value is -0.860. The quantitative estimate of drug-likeness (QED) is 0.736. The van der Waals surface area contributed by atoms with Crippen molar-refractivity contribution in [3.63, 3.8) is 0 Å². The smallest absolute Gasteiger partial charge is 0.246 e. The van der Waals surface area contributed by atoms with E-state index in [1.54, 1.807) is 19.2 Å². The molecule has 0 spiro atoms. The van der Waals surface area contributed by atoms with E-state index in [0.717, 1.165) is 13.0 Å². The van der Waals surface area contributed by atoms with E-state index in [2.05, 4.69) is 0 Å². The van der Waals surface area contributed by atoms with Crippen LogP contribution in [0.5, 0.6) is 5.75 Å². The van der Waals surface area contributed by atoms with Crippen LogP contribution in [0.1, 0.15) is 20.3 Å². The van der Waals surface area contributed by atoms with Gasteiger partial charge in [-0.1, -0.05) is 25.4 Å². The highest BCUT2D eigenvalue weighted by Gasteiger charge is 2.30. The van der Waals surface area contributed by atoms with Crippen molar-refractivity contribution >= 4 is 21.6 Å². The number of hydrogen-bond acceptors (Lipinski definition) is 5. The maximum Gasteiger partial charge on any atom is 0.246 e. The van der Waals surface area contributed by atoms with Crippen molar-refractivity contribution in [2.24, 2.45) is 17.1 Å². The van der Waals surface area contributed by atoms with Gasteiger partial charge in [-0.15, -0.1) is 0 Å². The molecule has 0 amide bonds. The van der Waals surface area contributed by atoms with E-state index in [4.69, 9.17) is 26.8 Å². The third-order valence-electron chi connectivity index (χ3n) is 4.30. The van der Waals surface area contributed by atoms with Crippen molar-refractivity contribution in [3.05, 3.63) is 23.2 Å². The lowest BCUT2D eigenvalue weighted by Gasteiger charge is -2.29. The van der Waals surface area contributed by atoms with E-state index < -0.39 is 10.0 Å². The summed E-state index contributed by atoms with van der Waals surface area (Å²) in [5, 5.41) is 0.349. The molecule has 1 aliphatic rings. The predicted molar refractivity (Wildman–Crippen MR) is 98.5 cm³/mol. The van der Waals surface area contributed by atoms with Crippen molar-refractivity contribution in [2.75, 3.05) is 40.0 Å². The van der Waals surface area contributed by atoms with E-state index in [0.29, 0.717) is 37.1 Å². The second-order valence-electron chi connectivity index (χ2n) is 7.26. The van der Waals surface area contributed by atoms with Crippen molar-refractivity contribution in [1.82, 2.24) is 4.31 Å². The maximum absolute atomic E-state index is 13.0. The molecule has 1 saturated heterocycles. The minimum Gasteiger partial charge on any atom is -0.492 e. The van der Waals surface area contributed by atoms with Crippen molar-refractivity contribution in [3.8, 4) is 5.75 Å². The molecule has 0 bridgehead atoms. The summed E-state index contributed by atoms with van der Waals surface area (Å²) in [5.41, 5.74) is 5.40.